The van der Waals surface area contributed by atoms with Gasteiger partial charge in [-0.05, 0) is 19.3 Å². The number of carbonyl (C=O) groups is 1. The lowest BCUT2D eigenvalue weighted by Crippen LogP contribution is -2.57. The van der Waals surface area contributed by atoms with Crippen LogP contribution in [0, 0.1) is 0 Å². The van der Waals surface area contributed by atoms with Crippen molar-refractivity contribution in [2.75, 3.05) is 20.2 Å². The van der Waals surface area contributed by atoms with E-state index in [4.69, 9.17) is 4.74 Å². The molecule has 1 atom stereocenters. The van der Waals surface area contributed by atoms with Gasteiger partial charge in [0.25, 0.3) is 11.5 Å². The van der Waals surface area contributed by atoms with Gasteiger partial charge in [-0.25, -0.2) is 0 Å². The molecule has 0 aliphatic carbocycles. The second-order valence-electron chi connectivity index (χ2n) is 5.10. The van der Waals surface area contributed by atoms with Gasteiger partial charge in [0.1, 0.15) is 0 Å². The second kappa shape index (κ2) is 6.05. The zero-order chi connectivity index (χ0) is 15.5. The molecular formula is C15H18F3NO2. The molecule has 0 spiro atoms. The van der Waals surface area contributed by atoms with E-state index in [1.54, 1.807) is 6.07 Å². The Labute approximate surface area is 121 Å². The minimum atomic E-state index is -4.82. The molecule has 1 unspecified atom stereocenters. The van der Waals surface area contributed by atoms with Crippen molar-refractivity contribution in [1.29, 1.82) is 0 Å². The largest absolute Gasteiger partial charge is 0.430 e. The van der Waals surface area contributed by atoms with Gasteiger partial charge >= 0.3 is 6.18 Å². The van der Waals surface area contributed by atoms with E-state index in [2.05, 4.69) is 0 Å². The Balaban J connectivity index is 2.47. The van der Waals surface area contributed by atoms with Crippen LogP contribution < -0.4 is 0 Å². The van der Waals surface area contributed by atoms with E-state index in [-0.39, 0.29) is 5.56 Å². The van der Waals surface area contributed by atoms with Crippen LogP contribution in [0.15, 0.2) is 30.3 Å². The molecule has 116 valence electrons. The highest BCUT2D eigenvalue weighted by Crippen LogP contribution is 2.43. The lowest BCUT2D eigenvalue weighted by molar-refractivity contribution is -0.270. The predicted molar refractivity (Wildman–Crippen MR) is 71.6 cm³/mol. The van der Waals surface area contributed by atoms with Crippen LogP contribution in [0.25, 0.3) is 0 Å². The Morgan fingerprint density at radius 3 is 2.14 bits per heavy atom. The number of benzene rings is 1. The fraction of sp³-hybridized carbons (Fsp3) is 0.533. The summed E-state index contributed by atoms with van der Waals surface area (Å²) in [4.78, 5) is 13.8. The summed E-state index contributed by atoms with van der Waals surface area (Å²) in [5.41, 5.74) is -3.11. The van der Waals surface area contributed by atoms with Crippen LogP contribution in [0.3, 0.4) is 0 Å². The molecule has 0 saturated carbocycles. The van der Waals surface area contributed by atoms with Crippen molar-refractivity contribution in [1.82, 2.24) is 4.90 Å². The number of rotatable bonds is 3. The molecule has 0 aromatic heterocycles. The summed E-state index contributed by atoms with van der Waals surface area (Å²) >= 11 is 0. The molecule has 1 aliphatic heterocycles. The summed E-state index contributed by atoms with van der Waals surface area (Å²) in [6.45, 7) is 0.680. The summed E-state index contributed by atoms with van der Waals surface area (Å²) in [5.74, 6) is -1.02. The number of halogens is 3. The fourth-order valence-corrected chi connectivity index (χ4v) is 2.72. The number of piperidine rings is 1. The summed E-state index contributed by atoms with van der Waals surface area (Å²) < 4.78 is 45.9. The third-order valence-corrected chi connectivity index (χ3v) is 3.83. The molecule has 6 heteroatoms. The van der Waals surface area contributed by atoms with Gasteiger partial charge in [0, 0.05) is 25.8 Å². The van der Waals surface area contributed by atoms with Crippen molar-refractivity contribution < 1.29 is 22.7 Å². The Morgan fingerprint density at radius 1 is 1.10 bits per heavy atom. The Bertz CT molecular complexity index is 483. The SMILES string of the molecule is COC(C(=O)N1CCCCC1)(c1ccccc1)C(F)(F)F. The number of hydrogen-bond acceptors (Lipinski definition) is 2. The first-order valence-corrected chi connectivity index (χ1v) is 6.90. The molecule has 1 heterocycles. The van der Waals surface area contributed by atoms with E-state index < -0.39 is 17.7 Å². The molecule has 1 saturated heterocycles. The van der Waals surface area contributed by atoms with Gasteiger partial charge in [0.2, 0.25) is 0 Å². The highest BCUT2D eigenvalue weighted by Gasteiger charge is 2.63. The summed E-state index contributed by atoms with van der Waals surface area (Å²) in [7, 11) is 0.933. The van der Waals surface area contributed by atoms with E-state index in [1.807, 2.05) is 0 Å². The molecule has 21 heavy (non-hydrogen) atoms. The summed E-state index contributed by atoms with van der Waals surface area (Å²) in [6.07, 6.45) is -2.45. The van der Waals surface area contributed by atoms with Crippen LogP contribution in [0.2, 0.25) is 0 Å². The van der Waals surface area contributed by atoms with Gasteiger partial charge in [0.15, 0.2) is 0 Å². The number of methoxy groups -OCH3 is 1. The van der Waals surface area contributed by atoms with Gasteiger partial charge in [-0.1, -0.05) is 30.3 Å². The monoisotopic (exact) mass is 301 g/mol. The molecule has 0 bridgehead atoms. The summed E-state index contributed by atoms with van der Waals surface area (Å²) in [6, 6.07) is 7.10. The minimum Gasteiger partial charge on any atom is -0.356 e. The molecule has 0 N–H and O–H groups in total. The number of hydrogen-bond donors (Lipinski definition) is 0. The summed E-state index contributed by atoms with van der Waals surface area (Å²) in [5, 5.41) is 0. The standard InChI is InChI=1S/C15H18F3NO2/c1-21-14(15(16,17)18,12-8-4-2-5-9-12)13(20)19-10-6-3-7-11-19/h2,4-5,8-9H,3,6-7,10-11H2,1H3. The van der Waals surface area contributed by atoms with Gasteiger partial charge < -0.3 is 9.64 Å². The third-order valence-electron chi connectivity index (χ3n) is 3.83. The highest BCUT2D eigenvalue weighted by molar-refractivity contribution is 5.87. The Hall–Kier alpha value is -1.56. The number of carbonyl (C=O) groups excluding carboxylic acids is 1. The van der Waals surface area contributed by atoms with Crippen molar-refractivity contribution in [2.45, 2.75) is 31.0 Å². The third kappa shape index (κ3) is 2.77. The van der Waals surface area contributed by atoms with Gasteiger partial charge in [-0.3, -0.25) is 4.79 Å². The number of alkyl halides is 3. The zero-order valence-electron chi connectivity index (χ0n) is 11.8. The van der Waals surface area contributed by atoms with E-state index in [1.165, 1.54) is 29.2 Å². The average molecular weight is 301 g/mol. The Kier molecular flexibility index (Phi) is 4.56. The maximum Gasteiger partial charge on any atom is 0.430 e. The molecule has 1 fully saturated rings. The molecule has 2 rings (SSSR count). The number of likely N-dealkylation sites (tertiary alicyclic amines) is 1. The fourth-order valence-electron chi connectivity index (χ4n) is 2.72. The average Bonchev–Trinajstić information content (AvgIpc) is 2.49. The van der Waals surface area contributed by atoms with E-state index in [9.17, 15) is 18.0 Å². The molecule has 3 nitrogen and oxygen atoms in total. The zero-order valence-corrected chi connectivity index (χ0v) is 11.8. The van der Waals surface area contributed by atoms with Crippen LogP contribution in [-0.2, 0) is 15.1 Å². The topological polar surface area (TPSA) is 29.5 Å². The van der Waals surface area contributed by atoms with Gasteiger partial charge in [0.05, 0.1) is 0 Å². The highest BCUT2D eigenvalue weighted by atomic mass is 19.4. The van der Waals surface area contributed by atoms with E-state index in [0.717, 1.165) is 26.4 Å². The van der Waals surface area contributed by atoms with Gasteiger partial charge in [-0.15, -0.1) is 0 Å². The molecule has 1 aliphatic rings. The van der Waals surface area contributed by atoms with Crippen molar-refractivity contribution in [3.8, 4) is 0 Å². The molecule has 1 aromatic carbocycles. The lowest BCUT2D eigenvalue weighted by atomic mass is 9.90. The number of ether oxygens (including phenoxy) is 1. The number of nitrogens with zero attached hydrogens (tertiary/aromatic N) is 1. The second-order valence-corrected chi connectivity index (χ2v) is 5.10. The number of amides is 1. The van der Waals surface area contributed by atoms with Crippen molar-refractivity contribution in [2.24, 2.45) is 0 Å². The van der Waals surface area contributed by atoms with Crippen LogP contribution in [-0.4, -0.2) is 37.2 Å². The minimum absolute atomic E-state index is 0.185. The first kappa shape index (κ1) is 15.8. The van der Waals surface area contributed by atoms with Crippen molar-refractivity contribution >= 4 is 5.91 Å². The van der Waals surface area contributed by atoms with Crippen molar-refractivity contribution in [3.05, 3.63) is 35.9 Å². The van der Waals surface area contributed by atoms with E-state index >= 15 is 0 Å². The van der Waals surface area contributed by atoms with Crippen LogP contribution in [0.5, 0.6) is 0 Å². The quantitative estimate of drug-likeness (QED) is 0.858. The molecule has 0 radical (unpaired) electrons. The van der Waals surface area contributed by atoms with Crippen LogP contribution in [0.4, 0.5) is 13.2 Å². The molecule has 1 amide bonds. The first-order valence-electron chi connectivity index (χ1n) is 6.90. The normalized spacial score (nSPS) is 19.1. The van der Waals surface area contributed by atoms with E-state index in [0.29, 0.717) is 13.1 Å². The molecule has 1 aromatic rings. The Morgan fingerprint density at radius 2 is 1.67 bits per heavy atom. The first-order chi connectivity index (χ1) is 9.93. The van der Waals surface area contributed by atoms with Crippen molar-refractivity contribution in [3.63, 3.8) is 0 Å². The van der Waals surface area contributed by atoms with Crippen LogP contribution in [0.1, 0.15) is 24.8 Å². The van der Waals surface area contributed by atoms with Crippen LogP contribution >= 0.6 is 0 Å². The predicted octanol–water partition coefficient (Wildman–Crippen LogP) is 3.10. The molecular weight excluding hydrogens is 283 g/mol. The maximum absolute atomic E-state index is 13.7. The smallest absolute Gasteiger partial charge is 0.356 e. The lowest BCUT2D eigenvalue weighted by Gasteiger charge is -2.39. The maximum atomic E-state index is 13.7. The van der Waals surface area contributed by atoms with Gasteiger partial charge in [-0.2, -0.15) is 13.2 Å².